The summed E-state index contributed by atoms with van der Waals surface area (Å²) in [6.07, 6.45) is -0.0204. The van der Waals surface area contributed by atoms with Crippen molar-refractivity contribution in [2.75, 3.05) is 17.2 Å². The van der Waals surface area contributed by atoms with E-state index in [2.05, 4.69) is 0 Å². The summed E-state index contributed by atoms with van der Waals surface area (Å²) in [6, 6.07) is 11.5. The van der Waals surface area contributed by atoms with E-state index in [9.17, 15) is 18.4 Å². The van der Waals surface area contributed by atoms with Crippen molar-refractivity contribution < 1.29 is 18.4 Å². The minimum Gasteiger partial charge on any atom is -0.370 e. The van der Waals surface area contributed by atoms with Crippen molar-refractivity contribution in [3.63, 3.8) is 0 Å². The first kappa shape index (κ1) is 17.9. The van der Waals surface area contributed by atoms with Crippen LogP contribution in [0.2, 0.25) is 0 Å². The summed E-state index contributed by atoms with van der Waals surface area (Å²) in [5, 5.41) is 0. The number of primary amides is 1. The van der Waals surface area contributed by atoms with Crippen LogP contribution in [0.25, 0.3) is 0 Å². The van der Waals surface area contributed by atoms with Crippen LogP contribution in [-0.2, 0) is 9.59 Å². The molecule has 0 saturated carbocycles. The number of carbonyl (C=O) groups excluding carboxylic acids is 2. The van der Waals surface area contributed by atoms with Crippen LogP contribution in [-0.4, -0.2) is 24.1 Å². The van der Waals surface area contributed by atoms with Crippen LogP contribution in [0.1, 0.15) is 6.42 Å². The van der Waals surface area contributed by atoms with Crippen molar-refractivity contribution in [2.24, 2.45) is 5.73 Å². The number of hydrogen-bond acceptors (Lipinski definition) is 3. The van der Waals surface area contributed by atoms with Crippen LogP contribution >= 0.6 is 11.8 Å². The summed E-state index contributed by atoms with van der Waals surface area (Å²) in [6.45, 7) is 0.0810. The predicted octanol–water partition coefficient (Wildman–Crippen LogP) is 2.97. The average Bonchev–Trinajstić information content (AvgIpc) is 2.55. The van der Waals surface area contributed by atoms with E-state index < -0.39 is 17.5 Å². The van der Waals surface area contributed by atoms with Crippen LogP contribution in [0.5, 0.6) is 0 Å². The predicted molar refractivity (Wildman–Crippen MR) is 89.7 cm³/mol. The minimum absolute atomic E-state index is 0.0168. The first-order valence-electron chi connectivity index (χ1n) is 7.19. The maximum Gasteiger partial charge on any atom is 0.237 e. The van der Waals surface area contributed by atoms with Gasteiger partial charge in [-0.2, -0.15) is 0 Å². The number of amides is 2. The highest BCUT2D eigenvalue weighted by molar-refractivity contribution is 8.00. The summed E-state index contributed by atoms with van der Waals surface area (Å²) in [5.74, 6) is -1.72. The Labute approximate surface area is 142 Å². The maximum atomic E-state index is 13.6. The SMILES string of the molecule is NC(=O)CCN(C(=O)CSc1ccccc1F)c1ccc(F)cc1. The molecule has 0 unspecified atom stereocenters. The highest BCUT2D eigenvalue weighted by atomic mass is 32.2. The molecule has 0 bridgehead atoms. The molecule has 2 aromatic carbocycles. The number of benzene rings is 2. The Balaban J connectivity index is 2.10. The van der Waals surface area contributed by atoms with E-state index in [1.807, 2.05) is 0 Å². The van der Waals surface area contributed by atoms with Gasteiger partial charge >= 0.3 is 0 Å². The van der Waals surface area contributed by atoms with E-state index >= 15 is 0 Å². The molecule has 24 heavy (non-hydrogen) atoms. The number of hydrogen-bond donors (Lipinski definition) is 1. The van der Waals surface area contributed by atoms with Gasteiger partial charge in [0.15, 0.2) is 0 Å². The second-order valence-electron chi connectivity index (χ2n) is 4.96. The maximum absolute atomic E-state index is 13.6. The first-order chi connectivity index (χ1) is 11.5. The molecular formula is C17H16F2N2O2S. The Kier molecular flexibility index (Phi) is 6.31. The van der Waals surface area contributed by atoms with Gasteiger partial charge in [0.05, 0.1) is 5.75 Å². The number of carbonyl (C=O) groups is 2. The van der Waals surface area contributed by atoms with Crippen molar-refractivity contribution >= 4 is 29.3 Å². The number of rotatable bonds is 7. The summed E-state index contributed by atoms with van der Waals surface area (Å²) in [5.41, 5.74) is 5.59. The van der Waals surface area contributed by atoms with Crippen LogP contribution in [0.3, 0.4) is 0 Å². The molecule has 0 heterocycles. The normalized spacial score (nSPS) is 10.4. The number of nitrogens with zero attached hydrogens (tertiary/aromatic N) is 1. The fourth-order valence-electron chi connectivity index (χ4n) is 2.02. The molecule has 7 heteroatoms. The standard InChI is InChI=1S/C17H16F2N2O2S/c18-12-5-7-13(8-6-12)21(10-9-16(20)22)17(23)11-24-15-4-2-1-3-14(15)19/h1-8H,9-11H2,(H2,20,22). The van der Waals surface area contributed by atoms with Gasteiger partial charge < -0.3 is 10.6 Å². The van der Waals surface area contributed by atoms with Gasteiger partial charge in [0.25, 0.3) is 0 Å². The van der Waals surface area contributed by atoms with Crippen LogP contribution in [0, 0.1) is 11.6 Å². The monoisotopic (exact) mass is 350 g/mol. The van der Waals surface area contributed by atoms with Crippen LogP contribution in [0.15, 0.2) is 53.4 Å². The lowest BCUT2D eigenvalue weighted by Crippen LogP contribution is -2.35. The van der Waals surface area contributed by atoms with Crippen molar-refractivity contribution in [3.8, 4) is 0 Å². The molecule has 2 amide bonds. The second kappa shape index (κ2) is 8.44. The Morgan fingerprint density at radius 1 is 1.04 bits per heavy atom. The second-order valence-corrected chi connectivity index (χ2v) is 5.97. The third-order valence-corrected chi connectivity index (χ3v) is 4.24. The lowest BCUT2D eigenvalue weighted by atomic mass is 10.2. The van der Waals surface area contributed by atoms with Gasteiger partial charge in [0, 0.05) is 23.5 Å². The third-order valence-electron chi connectivity index (χ3n) is 3.21. The molecule has 2 aromatic rings. The molecule has 126 valence electrons. The molecular weight excluding hydrogens is 334 g/mol. The summed E-state index contributed by atoms with van der Waals surface area (Å²) < 4.78 is 26.7. The molecule has 4 nitrogen and oxygen atoms in total. The van der Waals surface area contributed by atoms with Gasteiger partial charge in [-0.15, -0.1) is 11.8 Å². The summed E-state index contributed by atoms with van der Waals surface area (Å²) in [4.78, 5) is 25.2. The van der Waals surface area contributed by atoms with Gasteiger partial charge in [-0.25, -0.2) is 8.78 Å². The number of halogens is 2. The Hall–Kier alpha value is -2.41. The zero-order chi connectivity index (χ0) is 17.5. The van der Waals surface area contributed by atoms with E-state index in [1.165, 1.54) is 35.2 Å². The molecule has 0 aliphatic heterocycles. The Morgan fingerprint density at radius 2 is 1.71 bits per heavy atom. The minimum atomic E-state index is -0.545. The molecule has 2 rings (SSSR count). The summed E-state index contributed by atoms with van der Waals surface area (Å²) >= 11 is 1.06. The van der Waals surface area contributed by atoms with Crippen molar-refractivity contribution in [3.05, 3.63) is 60.2 Å². The summed E-state index contributed by atoms with van der Waals surface area (Å²) in [7, 11) is 0. The van der Waals surface area contributed by atoms with E-state index in [0.29, 0.717) is 10.6 Å². The highest BCUT2D eigenvalue weighted by Gasteiger charge is 2.17. The van der Waals surface area contributed by atoms with E-state index in [0.717, 1.165) is 11.8 Å². The quantitative estimate of drug-likeness (QED) is 0.781. The molecule has 0 spiro atoms. The van der Waals surface area contributed by atoms with Crippen molar-refractivity contribution in [2.45, 2.75) is 11.3 Å². The van der Waals surface area contributed by atoms with Gasteiger partial charge in [0.2, 0.25) is 11.8 Å². The smallest absolute Gasteiger partial charge is 0.237 e. The van der Waals surface area contributed by atoms with Gasteiger partial charge in [-0.05, 0) is 36.4 Å². The molecule has 0 aromatic heterocycles. The van der Waals surface area contributed by atoms with Gasteiger partial charge in [-0.1, -0.05) is 12.1 Å². The van der Waals surface area contributed by atoms with Gasteiger partial charge in [-0.3, -0.25) is 9.59 Å². The number of anilines is 1. The molecule has 0 atom stereocenters. The Morgan fingerprint density at radius 3 is 2.33 bits per heavy atom. The van der Waals surface area contributed by atoms with Gasteiger partial charge in [0.1, 0.15) is 11.6 Å². The van der Waals surface area contributed by atoms with E-state index in [4.69, 9.17) is 5.73 Å². The average molecular weight is 350 g/mol. The van der Waals surface area contributed by atoms with E-state index in [-0.39, 0.29) is 24.6 Å². The molecule has 0 fully saturated rings. The largest absolute Gasteiger partial charge is 0.370 e. The molecule has 0 saturated heterocycles. The topological polar surface area (TPSA) is 63.4 Å². The van der Waals surface area contributed by atoms with Crippen molar-refractivity contribution in [1.29, 1.82) is 0 Å². The van der Waals surface area contributed by atoms with E-state index in [1.54, 1.807) is 18.2 Å². The highest BCUT2D eigenvalue weighted by Crippen LogP contribution is 2.23. The third kappa shape index (κ3) is 5.06. The molecule has 0 aliphatic carbocycles. The zero-order valence-electron chi connectivity index (χ0n) is 12.7. The number of nitrogens with two attached hydrogens (primary N) is 1. The lowest BCUT2D eigenvalue weighted by Gasteiger charge is -2.22. The zero-order valence-corrected chi connectivity index (χ0v) is 13.6. The van der Waals surface area contributed by atoms with Crippen LogP contribution in [0.4, 0.5) is 14.5 Å². The first-order valence-corrected chi connectivity index (χ1v) is 8.17. The lowest BCUT2D eigenvalue weighted by molar-refractivity contribution is -0.118. The molecule has 2 N–H and O–H groups in total. The fourth-order valence-corrected chi connectivity index (χ4v) is 2.84. The molecule has 0 aliphatic rings. The fraction of sp³-hybridized carbons (Fsp3) is 0.176. The van der Waals surface area contributed by atoms with Crippen molar-refractivity contribution in [1.82, 2.24) is 0 Å². The Bertz CT molecular complexity index is 723. The molecule has 0 radical (unpaired) electrons. The number of thioether (sulfide) groups is 1. The van der Waals surface area contributed by atoms with Crippen LogP contribution < -0.4 is 10.6 Å².